The van der Waals surface area contributed by atoms with Crippen LogP contribution in [0.25, 0.3) is 0 Å². The van der Waals surface area contributed by atoms with Crippen molar-refractivity contribution in [3.8, 4) is 0 Å². The van der Waals surface area contributed by atoms with Crippen LogP contribution in [0.5, 0.6) is 0 Å². The number of benzene rings is 1. The van der Waals surface area contributed by atoms with E-state index in [-0.39, 0.29) is 24.3 Å². The average molecular weight is 384 g/mol. The SMILES string of the molecule is COCCN(CC(=O)N(Cc1ccccc1)Cc1ccco1)C(=O)C1CCC1. The summed E-state index contributed by atoms with van der Waals surface area (Å²) in [6.45, 7) is 1.75. The van der Waals surface area contributed by atoms with E-state index in [9.17, 15) is 9.59 Å². The largest absolute Gasteiger partial charge is 0.467 e. The minimum absolute atomic E-state index is 0.0531. The van der Waals surface area contributed by atoms with Crippen molar-refractivity contribution < 1.29 is 18.7 Å². The molecule has 0 aliphatic heterocycles. The van der Waals surface area contributed by atoms with Crippen molar-refractivity contribution in [2.75, 3.05) is 26.8 Å². The van der Waals surface area contributed by atoms with Crippen LogP contribution in [0.15, 0.2) is 53.1 Å². The summed E-state index contributed by atoms with van der Waals surface area (Å²) in [7, 11) is 1.60. The molecule has 1 aliphatic rings. The summed E-state index contributed by atoms with van der Waals surface area (Å²) in [5, 5.41) is 0. The summed E-state index contributed by atoms with van der Waals surface area (Å²) in [6, 6.07) is 13.5. The fraction of sp³-hybridized carbons (Fsp3) is 0.455. The van der Waals surface area contributed by atoms with Crippen molar-refractivity contribution in [2.24, 2.45) is 5.92 Å². The summed E-state index contributed by atoms with van der Waals surface area (Å²) >= 11 is 0. The van der Waals surface area contributed by atoms with Crippen molar-refractivity contribution in [2.45, 2.75) is 32.4 Å². The van der Waals surface area contributed by atoms with Crippen LogP contribution >= 0.6 is 0 Å². The minimum atomic E-state index is -0.0935. The maximum absolute atomic E-state index is 13.1. The summed E-state index contributed by atoms with van der Waals surface area (Å²) in [5.74, 6) is 0.744. The van der Waals surface area contributed by atoms with Gasteiger partial charge in [-0.15, -0.1) is 0 Å². The van der Waals surface area contributed by atoms with Crippen LogP contribution in [-0.2, 0) is 27.4 Å². The van der Waals surface area contributed by atoms with E-state index in [0.717, 1.165) is 30.6 Å². The number of hydrogen-bond donors (Lipinski definition) is 0. The van der Waals surface area contributed by atoms with Crippen LogP contribution in [-0.4, -0.2) is 48.4 Å². The van der Waals surface area contributed by atoms with Gasteiger partial charge in [-0.2, -0.15) is 0 Å². The Hall–Kier alpha value is -2.60. The molecule has 0 saturated heterocycles. The highest BCUT2D eigenvalue weighted by molar-refractivity contribution is 5.86. The fourth-order valence-corrected chi connectivity index (χ4v) is 3.27. The van der Waals surface area contributed by atoms with Gasteiger partial charge in [0.25, 0.3) is 0 Å². The lowest BCUT2D eigenvalue weighted by Crippen LogP contribution is -2.46. The molecule has 1 heterocycles. The molecule has 0 N–H and O–H groups in total. The van der Waals surface area contributed by atoms with Crippen LogP contribution in [0, 0.1) is 5.92 Å². The summed E-state index contributed by atoms with van der Waals surface area (Å²) in [6.07, 6.45) is 4.51. The first-order valence-corrected chi connectivity index (χ1v) is 9.79. The molecule has 6 nitrogen and oxygen atoms in total. The third-order valence-electron chi connectivity index (χ3n) is 5.15. The Bertz CT molecular complexity index is 741. The van der Waals surface area contributed by atoms with E-state index in [1.165, 1.54) is 0 Å². The van der Waals surface area contributed by atoms with Crippen molar-refractivity contribution >= 4 is 11.8 Å². The number of ether oxygens (including phenoxy) is 1. The van der Waals surface area contributed by atoms with Gasteiger partial charge in [0.05, 0.1) is 26.0 Å². The second-order valence-electron chi connectivity index (χ2n) is 7.20. The molecule has 2 aromatic rings. The van der Waals surface area contributed by atoms with Gasteiger partial charge in [0.2, 0.25) is 11.8 Å². The topological polar surface area (TPSA) is 63.0 Å². The lowest BCUT2D eigenvalue weighted by atomic mass is 9.84. The number of nitrogens with zero attached hydrogens (tertiary/aromatic N) is 2. The molecule has 0 atom stereocenters. The lowest BCUT2D eigenvalue weighted by Gasteiger charge is -2.32. The molecule has 150 valence electrons. The predicted octanol–water partition coefficient (Wildman–Crippen LogP) is 3.08. The van der Waals surface area contributed by atoms with Crippen molar-refractivity contribution in [3.05, 3.63) is 60.1 Å². The van der Waals surface area contributed by atoms with Crippen molar-refractivity contribution in [1.29, 1.82) is 0 Å². The van der Waals surface area contributed by atoms with Crippen LogP contribution in [0.2, 0.25) is 0 Å². The standard InChI is InChI=1S/C22H28N2O4/c1-27-14-12-23(22(26)19-9-5-10-19)17-21(25)24(16-20-11-6-13-28-20)15-18-7-3-2-4-8-18/h2-4,6-8,11,13,19H,5,9-10,12,14-17H2,1H3. The van der Waals surface area contributed by atoms with Gasteiger partial charge in [0.1, 0.15) is 5.76 Å². The molecule has 1 aromatic carbocycles. The molecule has 6 heteroatoms. The smallest absolute Gasteiger partial charge is 0.242 e. The third-order valence-corrected chi connectivity index (χ3v) is 5.15. The highest BCUT2D eigenvalue weighted by Gasteiger charge is 2.31. The second-order valence-corrected chi connectivity index (χ2v) is 7.20. The number of furan rings is 1. The van der Waals surface area contributed by atoms with Gasteiger partial charge >= 0.3 is 0 Å². The van der Waals surface area contributed by atoms with E-state index in [0.29, 0.717) is 26.2 Å². The van der Waals surface area contributed by atoms with Crippen LogP contribution in [0.3, 0.4) is 0 Å². The molecule has 28 heavy (non-hydrogen) atoms. The molecule has 2 amide bonds. The number of rotatable bonds is 10. The number of carbonyl (C=O) groups is 2. The maximum Gasteiger partial charge on any atom is 0.242 e. The summed E-state index contributed by atoms with van der Waals surface area (Å²) < 4.78 is 10.6. The zero-order valence-electron chi connectivity index (χ0n) is 16.4. The van der Waals surface area contributed by atoms with Gasteiger partial charge in [-0.1, -0.05) is 36.8 Å². The third kappa shape index (κ3) is 5.45. The Morgan fingerprint density at radius 3 is 2.46 bits per heavy atom. The first-order valence-electron chi connectivity index (χ1n) is 9.79. The van der Waals surface area contributed by atoms with Crippen LogP contribution < -0.4 is 0 Å². The van der Waals surface area contributed by atoms with Gasteiger partial charge in [-0.05, 0) is 30.5 Å². The van der Waals surface area contributed by atoms with E-state index in [2.05, 4.69) is 0 Å². The lowest BCUT2D eigenvalue weighted by molar-refractivity contribution is -0.145. The minimum Gasteiger partial charge on any atom is -0.467 e. The first kappa shape index (κ1) is 20.1. The Kier molecular flexibility index (Phi) is 7.25. The summed E-state index contributed by atoms with van der Waals surface area (Å²) in [5.41, 5.74) is 1.04. The quantitative estimate of drug-likeness (QED) is 0.632. The fourth-order valence-electron chi connectivity index (χ4n) is 3.27. The maximum atomic E-state index is 13.1. The molecular formula is C22H28N2O4. The molecule has 0 bridgehead atoms. The number of hydrogen-bond acceptors (Lipinski definition) is 4. The number of methoxy groups -OCH3 is 1. The van der Waals surface area contributed by atoms with Gasteiger partial charge in [0.15, 0.2) is 0 Å². The van der Waals surface area contributed by atoms with Crippen LogP contribution in [0.4, 0.5) is 0 Å². The van der Waals surface area contributed by atoms with Crippen molar-refractivity contribution in [3.63, 3.8) is 0 Å². The Labute approximate surface area is 166 Å². The monoisotopic (exact) mass is 384 g/mol. The van der Waals surface area contributed by atoms with E-state index in [1.54, 1.807) is 23.2 Å². The van der Waals surface area contributed by atoms with E-state index < -0.39 is 0 Å². The van der Waals surface area contributed by atoms with Gasteiger partial charge in [0, 0.05) is 26.1 Å². The number of carbonyl (C=O) groups excluding carboxylic acids is 2. The highest BCUT2D eigenvalue weighted by Crippen LogP contribution is 2.28. The summed E-state index contributed by atoms with van der Waals surface area (Å²) in [4.78, 5) is 29.3. The van der Waals surface area contributed by atoms with Crippen molar-refractivity contribution in [1.82, 2.24) is 9.80 Å². The molecule has 0 radical (unpaired) electrons. The van der Waals surface area contributed by atoms with E-state index >= 15 is 0 Å². The number of amides is 2. The molecule has 3 rings (SSSR count). The molecular weight excluding hydrogens is 356 g/mol. The van der Waals surface area contributed by atoms with Gasteiger partial charge in [-0.3, -0.25) is 9.59 Å². The molecule has 1 aromatic heterocycles. The van der Waals surface area contributed by atoms with Gasteiger partial charge in [-0.25, -0.2) is 0 Å². The molecule has 1 saturated carbocycles. The first-order chi connectivity index (χ1) is 13.7. The average Bonchev–Trinajstić information content (AvgIpc) is 3.17. The zero-order chi connectivity index (χ0) is 19.8. The molecule has 0 spiro atoms. The normalized spacial score (nSPS) is 13.8. The van der Waals surface area contributed by atoms with Crippen LogP contribution in [0.1, 0.15) is 30.6 Å². The van der Waals surface area contributed by atoms with Gasteiger partial charge < -0.3 is 19.0 Å². The second kappa shape index (κ2) is 10.1. The van der Waals surface area contributed by atoms with E-state index in [1.807, 2.05) is 42.5 Å². The zero-order valence-corrected chi connectivity index (χ0v) is 16.4. The highest BCUT2D eigenvalue weighted by atomic mass is 16.5. The Balaban J connectivity index is 1.70. The van der Waals surface area contributed by atoms with E-state index in [4.69, 9.17) is 9.15 Å². The predicted molar refractivity (Wildman–Crippen MR) is 105 cm³/mol. The Morgan fingerprint density at radius 1 is 1.07 bits per heavy atom. The Morgan fingerprint density at radius 2 is 1.86 bits per heavy atom. The molecule has 0 unspecified atom stereocenters. The molecule has 1 aliphatic carbocycles. The molecule has 1 fully saturated rings.